The molecule has 6 heteroatoms. The average Bonchev–Trinajstić information content (AvgIpc) is 0.696. The Kier molecular flexibility index (Phi) is 17.5. The van der Waals surface area contributed by atoms with Crippen molar-refractivity contribution >= 4 is 21.5 Å². The van der Waals surface area contributed by atoms with Crippen molar-refractivity contribution in [1.29, 1.82) is 0 Å². The van der Waals surface area contributed by atoms with Crippen molar-refractivity contribution in [3.8, 4) is 113 Å². The monoisotopic (exact) mass is 1390 g/mol. The Bertz CT molecular complexity index is 4950. The summed E-state index contributed by atoms with van der Waals surface area (Å²) in [6.45, 7) is 46.8. The van der Waals surface area contributed by atoms with Crippen molar-refractivity contribution in [3.63, 3.8) is 0 Å². The lowest BCUT2D eigenvalue weighted by molar-refractivity contribution is 0.332. The van der Waals surface area contributed by atoms with Crippen LogP contribution in [0.2, 0.25) is 0 Å². The van der Waals surface area contributed by atoms with E-state index in [1.54, 1.807) is 0 Å². The van der Waals surface area contributed by atoms with Crippen molar-refractivity contribution in [2.45, 2.75) is 207 Å². The fourth-order valence-corrected chi connectivity index (χ4v) is 16.4. The van der Waals surface area contributed by atoms with Gasteiger partial charge >= 0.3 is 0 Å². The molecule has 0 atom stereocenters. The van der Waals surface area contributed by atoms with Gasteiger partial charge in [0.2, 0.25) is 0 Å². The normalized spacial score (nSPS) is 15.5. The first-order chi connectivity index (χ1) is 50.0. The van der Waals surface area contributed by atoms with E-state index in [0.717, 1.165) is 70.2 Å². The molecule has 2 aliphatic rings. The van der Waals surface area contributed by atoms with Crippen LogP contribution in [0.1, 0.15) is 209 Å². The minimum Gasteiger partial charge on any atom is -0.208 e. The van der Waals surface area contributed by atoms with Gasteiger partial charge in [-0.05, 0) is 204 Å². The van der Waals surface area contributed by atoms with Gasteiger partial charge in [0, 0.05) is 33.4 Å². The Morgan fingerprint density at radius 2 is 0.387 bits per heavy atom. The highest BCUT2D eigenvalue weighted by atomic mass is 15.0. The van der Waals surface area contributed by atoms with Gasteiger partial charge in [-0.25, -0.2) is 29.9 Å². The average molecular weight is 1390 g/mol. The minimum atomic E-state index is -0.0589. The van der Waals surface area contributed by atoms with Gasteiger partial charge < -0.3 is 0 Å². The van der Waals surface area contributed by atoms with Crippen LogP contribution in [0, 0.1) is 0 Å². The molecule has 0 spiro atoms. The van der Waals surface area contributed by atoms with E-state index >= 15 is 0 Å². The van der Waals surface area contributed by atoms with E-state index in [0.29, 0.717) is 34.9 Å². The molecule has 0 amide bonds. The third-order valence-corrected chi connectivity index (χ3v) is 23.7. The molecule has 2 heterocycles. The van der Waals surface area contributed by atoms with Gasteiger partial charge in [0.15, 0.2) is 34.9 Å². The molecule has 0 unspecified atom stereocenters. The molecule has 13 aromatic rings. The van der Waals surface area contributed by atoms with Crippen LogP contribution in [-0.2, 0) is 43.3 Å². The zero-order valence-electron chi connectivity index (χ0n) is 66.3. The second kappa shape index (κ2) is 25.9. The summed E-state index contributed by atoms with van der Waals surface area (Å²) in [7, 11) is 0. The number of hydrogen-bond acceptors (Lipinski definition) is 6. The molecule has 0 fully saturated rings. The first-order valence-electron chi connectivity index (χ1n) is 38.5. The second-order valence-corrected chi connectivity index (χ2v) is 37.3. The summed E-state index contributed by atoms with van der Waals surface area (Å²) >= 11 is 0. The standard InChI is InChI=1S/C100H104N6/c1-93(2,3)69-45-37-65(38-46-69)89-101-87(102-90(105-89)66-39-47-70(48-40-66)94(4,5)6)63-33-29-61(30-34-63)73-25-21-23-27-75(73)85-77-57-81-83(99(17,18)55-53-97(81,13)14)59-79(77)86(80-60-84-82(58-78(80)85)98(15,16)54-56-100(84,19)20)76-28-24-22-26-74(76)62-31-35-64(36-32-62)88-103-91(67-41-49-71(50-42-67)95(7,8)9)106-92(104-88)68-43-51-72(52-44-68)96(10,11)12/h21-52,57-60H,53-56H2,1-20H3. The first-order valence-corrected chi connectivity index (χ1v) is 38.5. The largest absolute Gasteiger partial charge is 0.208 e. The molecule has 0 N–H and O–H groups in total. The summed E-state index contributed by atoms with van der Waals surface area (Å²) in [5, 5.41) is 5.08. The molecule has 11 aromatic carbocycles. The van der Waals surface area contributed by atoms with E-state index in [4.69, 9.17) is 29.9 Å². The molecule has 15 rings (SSSR count). The number of nitrogens with zero attached hydrogens (tertiary/aromatic N) is 6. The molecule has 534 valence electrons. The maximum Gasteiger partial charge on any atom is 0.164 e. The lowest BCUT2D eigenvalue weighted by atomic mass is 9.61. The molecular formula is C100H104N6. The maximum atomic E-state index is 5.28. The van der Waals surface area contributed by atoms with Crippen molar-refractivity contribution in [3.05, 3.63) is 263 Å². The third-order valence-electron chi connectivity index (χ3n) is 23.7. The van der Waals surface area contributed by atoms with Crippen LogP contribution in [0.25, 0.3) is 134 Å². The van der Waals surface area contributed by atoms with Gasteiger partial charge in [-0.15, -0.1) is 0 Å². The highest BCUT2D eigenvalue weighted by molar-refractivity contribution is 6.24. The van der Waals surface area contributed by atoms with Crippen LogP contribution in [-0.4, -0.2) is 29.9 Å². The molecule has 0 saturated carbocycles. The lowest BCUT2D eigenvalue weighted by Crippen LogP contribution is -2.34. The summed E-state index contributed by atoms with van der Waals surface area (Å²) in [5.41, 5.74) is 25.8. The third kappa shape index (κ3) is 13.4. The molecule has 2 aromatic heterocycles. The highest BCUT2D eigenvalue weighted by Crippen LogP contribution is 2.56. The molecule has 106 heavy (non-hydrogen) atoms. The van der Waals surface area contributed by atoms with E-state index in [1.165, 1.54) is 99.4 Å². The van der Waals surface area contributed by atoms with E-state index in [-0.39, 0.29) is 43.3 Å². The Morgan fingerprint density at radius 1 is 0.217 bits per heavy atom. The molecule has 6 nitrogen and oxygen atoms in total. The van der Waals surface area contributed by atoms with Gasteiger partial charge in [0.1, 0.15) is 0 Å². The number of rotatable bonds is 10. The van der Waals surface area contributed by atoms with Crippen molar-refractivity contribution in [2.75, 3.05) is 0 Å². The Morgan fingerprint density at radius 3 is 0.575 bits per heavy atom. The number of hydrogen-bond donors (Lipinski definition) is 0. The second-order valence-electron chi connectivity index (χ2n) is 37.3. The number of fused-ring (bicyclic) bond motifs is 4. The van der Waals surface area contributed by atoms with Gasteiger partial charge in [-0.3, -0.25) is 0 Å². The van der Waals surface area contributed by atoms with Crippen LogP contribution in [0.3, 0.4) is 0 Å². The van der Waals surface area contributed by atoms with E-state index in [2.05, 4.69) is 357 Å². The molecule has 0 bridgehead atoms. The Labute approximate surface area is 630 Å². The summed E-state index contributed by atoms with van der Waals surface area (Å²) in [6, 6.07) is 81.9. The van der Waals surface area contributed by atoms with Crippen molar-refractivity contribution in [2.24, 2.45) is 0 Å². The van der Waals surface area contributed by atoms with E-state index < -0.39 is 0 Å². The molecular weight excluding hydrogens is 1290 g/mol. The number of benzene rings is 11. The fourth-order valence-electron chi connectivity index (χ4n) is 16.4. The van der Waals surface area contributed by atoms with E-state index in [9.17, 15) is 0 Å². The molecule has 0 aliphatic heterocycles. The maximum absolute atomic E-state index is 5.28. The topological polar surface area (TPSA) is 77.3 Å². The Balaban J connectivity index is 0.914. The summed E-state index contributed by atoms with van der Waals surface area (Å²) in [6.07, 6.45) is 4.41. The van der Waals surface area contributed by atoms with Gasteiger partial charge in [0.25, 0.3) is 0 Å². The minimum absolute atomic E-state index is 0.00879. The predicted molar refractivity (Wildman–Crippen MR) is 448 cm³/mol. The van der Waals surface area contributed by atoms with Gasteiger partial charge in [0.05, 0.1) is 0 Å². The molecule has 0 radical (unpaired) electrons. The van der Waals surface area contributed by atoms with E-state index in [1.807, 2.05) is 0 Å². The fraction of sp³-hybridized carbons (Fsp3) is 0.320. The van der Waals surface area contributed by atoms with Crippen LogP contribution in [0.15, 0.2) is 218 Å². The van der Waals surface area contributed by atoms with Crippen LogP contribution in [0.5, 0.6) is 0 Å². The molecule has 2 aliphatic carbocycles. The quantitative estimate of drug-likeness (QED) is 0.127. The lowest BCUT2D eigenvalue weighted by Gasteiger charge is -2.43. The first kappa shape index (κ1) is 71.6. The van der Waals surface area contributed by atoms with Crippen LogP contribution < -0.4 is 0 Å². The summed E-state index contributed by atoms with van der Waals surface area (Å²) in [4.78, 5) is 31.5. The predicted octanol–water partition coefficient (Wildman–Crippen LogP) is 26.9. The number of aromatic nitrogens is 6. The van der Waals surface area contributed by atoms with Gasteiger partial charge in [-0.1, -0.05) is 333 Å². The Hall–Kier alpha value is -10.0. The zero-order chi connectivity index (χ0) is 75.0. The summed E-state index contributed by atoms with van der Waals surface area (Å²) < 4.78 is 0. The SMILES string of the molecule is CC(C)(C)c1ccc(-c2nc(-c3ccc(-c4ccccc4-c4c5cc6c(cc5c(-c5ccccc5-c5ccc(-c7nc(-c8ccc(C(C)(C)C)cc8)nc(-c8ccc(C(C)(C)C)cc8)n7)cc5)c5cc7c(cc45)C(C)(C)CCC7(C)C)C(C)(C)CCC6(C)C)cc3)nc(-c3ccc(C(C)(C)C)cc3)n2)cc1. The van der Waals surface area contributed by atoms with Crippen molar-refractivity contribution in [1.82, 2.24) is 29.9 Å². The summed E-state index contributed by atoms with van der Waals surface area (Å²) in [5.74, 6) is 3.87. The zero-order valence-corrected chi connectivity index (χ0v) is 66.3. The smallest absolute Gasteiger partial charge is 0.164 e. The van der Waals surface area contributed by atoms with Gasteiger partial charge in [-0.2, -0.15) is 0 Å². The molecule has 0 saturated heterocycles. The highest BCUT2D eigenvalue weighted by Gasteiger charge is 2.41. The van der Waals surface area contributed by atoms with Crippen molar-refractivity contribution < 1.29 is 0 Å². The van der Waals surface area contributed by atoms with Crippen LogP contribution in [0.4, 0.5) is 0 Å². The van der Waals surface area contributed by atoms with Crippen LogP contribution >= 0.6 is 0 Å².